The molecule has 2 heterocycles. The zero-order valence-corrected chi connectivity index (χ0v) is 11.8. The lowest BCUT2D eigenvalue weighted by Crippen LogP contribution is -1.97. The number of thiophene rings is 2. The predicted octanol–water partition coefficient (Wildman–Crippen LogP) is 4.14. The molecule has 0 radical (unpaired) electrons. The molecule has 2 N–H and O–H groups in total. The normalized spacial score (nSPS) is 14.6. The molecule has 0 aromatic carbocycles. The summed E-state index contributed by atoms with van der Waals surface area (Å²) in [4.78, 5) is 2.07. The van der Waals surface area contributed by atoms with E-state index in [1.54, 1.807) is 22.7 Å². The SMILES string of the molecule is O[C@@H](CCCC[C@H](O)c1cccs1)c1cccs1. The Labute approximate surface area is 116 Å². The Bertz CT molecular complexity index is 380. The van der Waals surface area contributed by atoms with E-state index in [2.05, 4.69) is 0 Å². The fraction of sp³-hybridized carbons (Fsp3) is 0.429. The van der Waals surface area contributed by atoms with Gasteiger partial charge in [0.2, 0.25) is 0 Å². The largest absolute Gasteiger partial charge is 0.388 e. The van der Waals surface area contributed by atoms with Crippen LogP contribution in [0.1, 0.15) is 47.6 Å². The number of aliphatic hydroxyl groups is 2. The third-order valence-electron chi connectivity index (χ3n) is 2.95. The van der Waals surface area contributed by atoms with E-state index in [-0.39, 0.29) is 12.2 Å². The summed E-state index contributed by atoms with van der Waals surface area (Å²) in [7, 11) is 0. The summed E-state index contributed by atoms with van der Waals surface area (Å²) >= 11 is 3.19. The molecule has 2 aromatic heterocycles. The van der Waals surface area contributed by atoms with Gasteiger partial charge < -0.3 is 10.2 Å². The minimum absolute atomic E-state index is 0.344. The summed E-state index contributed by atoms with van der Waals surface area (Å²) in [6.07, 6.45) is 2.76. The van der Waals surface area contributed by atoms with Gasteiger partial charge in [0.25, 0.3) is 0 Å². The highest BCUT2D eigenvalue weighted by Crippen LogP contribution is 2.27. The van der Waals surface area contributed by atoms with Crippen molar-refractivity contribution in [3.63, 3.8) is 0 Å². The Morgan fingerprint density at radius 2 is 1.28 bits per heavy atom. The lowest BCUT2D eigenvalue weighted by Gasteiger charge is -2.10. The van der Waals surface area contributed by atoms with Gasteiger partial charge in [0.15, 0.2) is 0 Å². The van der Waals surface area contributed by atoms with Crippen LogP contribution in [0.2, 0.25) is 0 Å². The summed E-state index contributed by atoms with van der Waals surface area (Å²) in [6, 6.07) is 7.86. The standard InChI is InChI=1S/C14H18O2S2/c15-11(13-7-3-9-17-13)5-1-2-6-12(16)14-8-4-10-18-14/h3-4,7-12,15-16H,1-2,5-6H2/t11-,12-/m0/s1. The Kier molecular flexibility index (Phi) is 5.38. The molecule has 0 fully saturated rings. The van der Waals surface area contributed by atoms with Crippen molar-refractivity contribution in [1.82, 2.24) is 0 Å². The summed E-state index contributed by atoms with van der Waals surface area (Å²) in [5.74, 6) is 0. The molecule has 98 valence electrons. The van der Waals surface area contributed by atoms with Crippen LogP contribution in [-0.2, 0) is 0 Å². The summed E-state index contributed by atoms with van der Waals surface area (Å²) in [6.45, 7) is 0. The van der Waals surface area contributed by atoms with Crippen LogP contribution < -0.4 is 0 Å². The van der Waals surface area contributed by atoms with E-state index in [9.17, 15) is 10.2 Å². The van der Waals surface area contributed by atoms with Gasteiger partial charge in [0, 0.05) is 9.75 Å². The third kappa shape index (κ3) is 3.92. The number of hydrogen-bond donors (Lipinski definition) is 2. The van der Waals surface area contributed by atoms with Gasteiger partial charge in [-0.15, -0.1) is 22.7 Å². The molecule has 0 bridgehead atoms. The van der Waals surface area contributed by atoms with Gasteiger partial charge in [-0.05, 0) is 35.7 Å². The van der Waals surface area contributed by atoms with Gasteiger partial charge in [-0.25, -0.2) is 0 Å². The summed E-state index contributed by atoms with van der Waals surface area (Å²) in [5.41, 5.74) is 0. The molecular weight excluding hydrogens is 264 g/mol. The van der Waals surface area contributed by atoms with Crippen LogP contribution in [0, 0.1) is 0 Å². The first-order valence-electron chi connectivity index (χ1n) is 6.20. The van der Waals surface area contributed by atoms with Crippen molar-refractivity contribution in [3.8, 4) is 0 Å². The Morgan fingerprint density at radius 3 is 1.61 bits per heavy atom. The maximum absolute atomic E-state index is 9.91. The van der Waals surface area contributed by atoms with E-state index >= 15 is 0 Å². The van der Waals surface area contributed by atoms with Crippen molar-refractivity contribution < 1.29 is 10.2 Å². The minimum Gasteiger partial charge on any atom is -0.388 e. The van der Waals surface area contributed by atoms with Crippen LogP contribution in [0.3, 0.4) is 0 Å². The Hall–Kier alpha value is -0.680. The average Bonchev–Trinajstić information content (AvgIpc) is 3.05. The monoisotopic (exact) mass is 282 g/mol. The van der Waals surface area contributed by atoms with Crippen molar-refractivity contribution in [2.45, 2.75) is 37.9 Å². The smallest absolute Gasteiger partial charge is 0.0882 e. The van der Waals surface area contributed by atoms with Crippen LogP contribution in [0.5, 0.6) is 0 Å². The van der Waals surface area contributed by atoms with Crippen LogP contribution in [0.25, 0.3) is 0 Å². The van der Waals surface area contributed by atoms with Crippen LogP contribution >= 0.6 is 22.7 Å². The van der Waals surface area contributed by atoms with Gasteiger partial charge in [0.05, 0.1) is 12.2 Å². The van der Waals surface area contributed by atoms with Crippen molar-refractivity contribution in [3.05, 3.63) is 44.8 Å². The molecule has 2 rings (SSSR count). The second kappa shape index (κ2) is 7.04. The highest BCUT2D eigenvalue weighted by Gasteiger charge is 2.10. The van der Waals surface area contributed by atoms with E-state index in [0.717, 1.165) is 35.4 Å². The molecule has 0 aliphatic heterocycles. The Morgan fingerprint density at radius 1 is 0.833 bits per heavy atom. The van der Waals surface area contributed by atoms with Gasteiger partial charge in [-0.1, -0.05) is 25.0 Å². The molecule has 2 aromatic rings. The molecular formula is C14H18O2S2. The van der Waals surface area contributed by atoms with E-state index in [4.69, 9.17) is 0 Å². The number of unbranched alkanes of at least 4 members (excludes halogenated alkanes) is 1. The molecule has 0 aliphatic rings. The minimum atomic E-state index is -0.344. The van der Waals surface area contributed by atoms with Crippen LogP contribution in [-0.4, -0.2) is 10.2 Å². The maximum Gasteiger partial charge on any atom is 0.0882 e. The molecule has 0 unspecified atom stereocenters. The van der Waals surface area contributed by atoms with Crippen molar-refractivity contribution in [1.29, 1.82) is 0 Å². The number of aliphatic hydroxyl groups excluding tert-OH is 2. The third-order valence-corrected chi connectivity index (χ3v) is 4.90. The lowest BCUT2D eigenvalue weighted by atomic mass is 10.1. The van der Waals surface area contributed by atoms with E-state index in [1.165, 1.54) is 0 Å². The molecule has 2 nitrogen and oxygen atoms in total. The fourth-order valence-corrected chi connectivity index (χ4v) is 3.41. The molecule has 0 amide bonds. The summed E-state index contributed by atoms with van der Waals surface area (Å²) in [5, 5.41) is 23.8. The maximum atomic E-state index is 9.91. The Balaban J connectivity index is 1.64. The molecule has 0 spiro atoms. The molecule has 18 heavy (non-hydrogen) atoms. The zero-order chi connectivity index (χ0) is 12.8. The van der Waals surface area contributed by atoms with Crippen LogP contribution in [0.4, 0.5) is 0 Å². The first kappa shape index (κ1) is 13.7. The number of rotatable bonds is 7. The van der Waals surface area contributed by atoms with Crippen molar-refractivity contribution in [2.75, 3.05) is 0 Å². The highest BCUT2D eigenvalue weighted by molar-refractivity contribution is 7.10. The van der Waals surface area contributed by atoms with E-state index in [1.807, 2.05) is 35.0 Å². The van der Waals surface area contributed by atoms with Crippen LogP contribution in [0.15, 0.2) is 35.0 Å². The topological polar surface area (TPSA) is 40.5 Å². The molecule has 4 heteroatoms. The second-order valence-electron chi connectivity index (χ2n) is 4.35. The number of hydrogen-bond acceptors (Lipinski definition) is 4. The quantitative estimate of drug-likeness (QED) is 0.749. The average molecular weight is 282 g/mol. The molecule has 2 atom stereocenters. The summed E-state index contributed by atoms with van der Waals surface area (Å²) < 4.78 is 0. The molecule has 0 aliphatic carbocycles. The van der Waals surface area contributed by atoms with Crippen molar-refractivity contribution in [2.24, 2.45) is 0 Å². The van der Waals surface area contributed by atoms with E-state index in [0.29, 0.717) is 0 Å². The van der Waals surface area contributed by atoms with Gasteiger partial charge >= 0.3 is 0 Å². The van der Waals surface area contributed by atoms with Gasteiger partial charge in [-0.2, -0.15) is 0 Å². The highest BCUT2D eigenvalue weighted by atomic mass is 32.1. The van der Waals surface area contributed by atoms with E-state index < -0.39 is 0 Å². The second-order valence-corrected chi connectivity index (χ2v) is 6.31. The van der Waals surface area contributed by atoms with Gasteiger partial charge in [0.1, 0.15) is 0 Å². The molecule has 0 saturated heterocycles. The zero-order valence-electron chi connectivity index (χ0n) is 10.2. The lowest BCUT2D eigenvalue weighted by molar-refractivity contribution is 0.150. The van der Waals surface area contributed by atoms with Gasteiger partial charge in [-0.3, -0.25) is 0 Å². The predicted molar refractivity (Wildman–Crippen MR) is 77.0 cm³/mol. The fourth-order valence-electron chi connectivity index (χ4n) is 1.92. The first-order chi connectivity index (χ1) is 8.77. The molecule has 0 saturated carbocycles. The first-order valence-corrected chi connectivity index (χ1v) is 7.96. The van der Waals surface area contributed by atoms with Crippen molar-refractivity contribution >= 4 is 22.7 Å².